The molecular formula is C25H23F3N4O3. The van der Waals surface area contributed by atoms with Crippen molar-refractivity contribution in [3.05, 3.63) is 77.8 Å². The van der Waals surface area contributed by atoms with Crippen molar-refractivity contribution in [3.63, 3.8) is 0 Å². The molecule has 0 aliphatic carbocycles. The van der Waals surface area contributed by atoms with Crippen molar-refractivity contribution in [2.75, 3.05) is 25.5 Å². The number of halogens is 3. The summed E-state index contributed by atoms with van der Waals surface area (Å²) in [5.74, 6) is 1.11. The molecule has 7 nitrogen and oxygen atoms in total. The molecule has 1 fully saturated rings. The van der Waals surface area contributed by atoms with Gasteiger partial charge in [0.1, 0.15) is 11.5 Å². The minimum absolute atomic E-state index is 0.0772. The van der Waals surface area contributed by atoms with Gasteiger partial charge in [-0.1, -0.05) is 23.8 Å². The highest BCUT2D eigenvalue weighted by Gasteiger charge is 2.30. The maximum absolute atomic E-state index is 12.7. The van der Waals surface area contributed by atoms with Gasteiger partial charge in [-0.25, -0.2) is 9.78 Å². The van der Waals surface area contributed by atoms with Gasteiger partial charge in [0.15, 0.2) is 0 Å². The number of carbonyl (C=O) groups excluding carboxylic acids is 1. The SMILES string of the molecule is COc1cncc(NC(=O)N2CCC(=Cc3cccc(Oc4ccc(C(F)(F)F)cn4)c3)CC2)c1. The molecule has 1 aliphatic rings. The Morgan fingerprint density at radius 1 is 1.06 bits per heavy atom. The van der Waals surface area contributed by atoms with Crippen LogP contribution in [0.2, 0.25) is 0 Å². The van der Waals surface area contributed by atoms with Crippen molar-refractivity contribution >= 4 is 17.8 Å². The minimum atomic E-state index is -4.44. The van der Waals surface area contributed by atoms with Crippen LogP contribution < -0.4 is 14.8 Å². The summed E-state index contributed by atoms with van der Waals surface area (Å²) in [7, 11) is 1.54. The minimum Gasteiger partial charge on any atom is -0.495 e. The average Bonchev–Trinajstić information content (AvgIpc) is 2.84. The molecule has 1 N–H and O–H groups in total. The predicted octanol–water partition coefficient (Wildman–Crippen LogP) is 6.01. The lowest BCUT2D eigenvalue weighted by atomic mass is 10.0. The lowest BCUT2D eigenvalue weighted by Crippen LogP contribution is -2.39. The fourth-order valence-corrected chi connectivity index (χ4v) is 3.58. The van der Waals surface area contributed by atoms with Crippen molar-refractivity contribution in [2.24, 2.45) is 0 Å². The van der Waals surface area contributed by atoms with Gasteiger partial charge in [0.25, 0.3) is 0 Å². The largest absolute Gasteiger partial charge is 0.495 e. The van der Waals surface area contributed by atoms with Crippen LogP contribution in [0.15, 0.2) is 66.6 Å². The molecule has 0 radical (unpaired) electrons. The van der Waals surface area contributed by atoms with Gasteiger partial charge in [0.2, 0.25) is 5.88 Å². The second-order valence-electron chi connectivity index (χ2n) is 7.89. The van der Waals surface area contributed by atoms with E-state index in [-0.39, 0.29) is 11.9 Å². The Morgan fingerprint density at radius 2 is 1.86 bits per heavy atom. The number of carbonyl (C=O) groups is 1. The van der Waals surface area contributed by atoms with E-state index in [0.717, 1.165) is 30.7 Å². The van der Waals surface area contributed by atoms with Crippen molar-refractivity contribution in [2.45, 2.75) is 19.0 Å². The number of nitrogens with zero attached hydrogens (tertiary/aromatic N) is 3. The molecule has 182 valence electrons. The maximum atomic E-state index is 12.7. The van der Waals surface area contributed by atoms with Gasteiger partial charge in [-0.15, -0.1) is 0 Å². The summed E-state index contributed by atoms with van der Waals surface area (Å²) in [5, 5.41) is 2.83. The van der Waals surface area contributed by atoms with Gasteiger partial charge in [0.05, 0.1) is 30.8 Å². The molecule has 3 aromatic rings. The first kappa shape index (κ1) is 24.1. The molecule has 0 atom stereocenters. The molecule has 0 bridgehead atoms. The lowest BCUT2D eigenvalue weighted by molar-refractivity contribution is -0.137. The summed E-state index contributed by atoms with van der Waals surface area (Å²) in [4.78, 5) is 22.1. The average molecular weight is 484 g/mol. The van der Waals surface area contributed by atoms with E-state index in [0.29, 0.717) is 30.3 Å². The Bertz CT molecular complexity index is 1200. The van der Waals surface area contributed by atoms with Gasteiger partial charge in [0, 0.05) is 31.4 Å². The summed E-state index contributed by atoms with van der Waals surface area (Å²) in [6.45, 7) is 1.14. The van der Waals surface area contributed by atoms with Crippen LogP contribution in [0.1, 0.15) is 24.0 Å². The van der Waals surface area contributed by atoms with E-state index in [4.69, 9.17) is 9.47 Å². The van der Waals surface area contributed by atoms with E-state index in [2.05, 4.69) is 15.3 Å². The van der Waals surface area contributed by atoms with Crippen molar-refractivity contribution in [3.8, 4) is 17.4 Å². The number of hydrogen-bond donors (Lipinski definition) is 1. The summed E-state index contributed by atoms with van der Waals surface area (Å²) in [6, 6.07) is 10.8. The zero-order valence-corrected chi connectivity index (χ0v) is 18.9. The standard InChI is InChI=1S/C25H23F3N4O3/c1-34-22-13-20(15-29-16-22)31-24(33)32-9-7-17(8-10-32)11-18-3-2-4-21(12-18)35-23-6-5-19(14-30-23)25(26,27)28/h2-6,11-16H,7-10H2,1H3,(H,31,33). The molecule has 0 spiro atoms. The van der Waals surface area contributed by atoms with Crippen LogP contribution in [-0.4, -0.2) is 41.1 Å². The number of ether oxygens (including phenoxy) is 2. The molecule has 1 aromatic carbocycles. The van der Waals surface area contributed by atoms with Crippen LogP contribution in [0, 0.1) is 0 Å². The number of benzene rings is 1. The Hall–Kier alpha value is -4.08. The second kappa shape index (κ2) is 10.5. The number of rotatable bonds is 5. The highest BCUT2D eigenvalue weighted by molar-refractivity contribution is 5.89. The number of pyridine rings is 2. The van der Waals surface area contributed by atoms with Crippen LogP contribution >= 0.6 is 0 Å². The molecule has 35 heavy (non-hydrogen) atoms. The zero-order valence-electron chi connectivity index (χ0n) is 18.9. The van der Waals surface area contributed by atoms with Crippen molar-refractivity contribution in [1.29, 1.82) is 0 Å². The molecule has 10 heteroatoms. The van der Waals surface area contributed by atoms with E-state index in [9.17, 15) is 18.0 Å². The monoisotopic (exact) mass is 484 g/mol. The summed E-state index contributed by atoms with van der Waals surface area (Å²) >= 11 is 0. The smallest absolute Gasteiger partial charge is 0.417 e. The third kappa shape index (κ3) is 6.50. The van der Waals surface area contributed by atoms with Crippen LogP contribution in [0.5, 0.6) is 17.4 Å². The predicted molar refractivity (Wildman–Crippen MR) is 124 cm³/mol. The number of piperidine rings is 1. The molecular weight excluding hydrogens is 461 g/mol. The summed E-state index contributed by atoms with van der Waals surface area (Å²) in [5.41, 5.74) is 1.81. The number of aromatic nitrogens is 2. The Balaban J connectivity index is 1.33. The van der Waals surface area contributed by atoms with Crippen LogP contribution in [0.4, 0.5) is 23.7 Å². The third-order valence-electron chi connectivity index (χ3n) is 5.41. The number of anilines is 1. The molecule has 1 aliphatic heterocycles. The van der Waals surface area contributed by atoms with Gasteiger partial charge in [-0.3, -0.25) is 4.98 Å². The van der Waals surface area contributed by atoms with Crippen molar-refractivity contribution in [1.82, 2.24) is 14.9 Å². The van der Waals surface area contributed by atoms with Crippen LogP contribution in [-0.2, 0) is 6.18 Å². The van der Waals surface area contributed by atoms with Crippen LogP contribution in [0.25, 0.3) is 6.08 Å². The molecule has 4 rings (SSSR count). The van der Waals surface area contributed by atoms with Gasteiger partial charge in [-0.05, 0) is 36.6 Å². The number of likely N-dealkylation sites (tertiary alicyclic amines) is 1. The first-order valence-electron chi connectivity index (χ1n) is 10.9. The molecule has 1 saturated heterocycles. The van der Waals surface area contributed by atoms with Crippen molar-refractivity contribution < 1.29 is 27.4 Å². The topological polar surface area (TPSA) is 76.6 Å². The fourth-order valence-electron chi connectivity index (χ4n) is 3.58. The quantitative estimate of drug-likeness (QED) is 0.480. The molecule has 0 unspecified atom stereocenters. The van der Waals surface area contributed by atoms with Crippen LogP contribution in [0.3, 0.4) is 0 Å². The molecule has 3 heterocycles. The summed E-state index contributed by atoms with van der Waals surface area (Å²) < 4.78 is 48.8. The zero-order chi connectivity index (χ0) is 24.8. The first-order chi connectivity index (χ1) is 16.8. The highest BCUT2D eigenvalue weighted by atomic mass is 19.4. The summed E-state index contributed by atoms with van der Waals surface area (Å²) in [6.07, 6.45) is 2.90. The Morgan fingerprint density at radius 3 is 2.54 bits per heavy atom. The van der Waals surface area contributed by atoms with E-state index >= 15 is 0 Å². The van der Waals surface area contributed by atoms with E-state index in [1.54, 1.807) is 41.6 Å². The second-order valence-corrected chi connectivity index (χ2v) is 7.89. The fraction of sp³-hybridized carbons (Fsp3) is 0.240. The van der Waals surface area contributed by atoms with Gasteiger partial charge >= 0.3 is 12.2 Å². The Kier molecular flexibility index (Phi) is 7.19. The molecule has 0 saturated carbocycles. The first-order valence-corrected chi connectivity index (χ1v) is 10.9. The molecule has 2 aromatic heterocycles. The molecule has 2 amide bonds. The lowest BCUT2D eigenvalue weighted by Gasteiger charge is -2.28. The number of hydrogen-bond acceptors (Lipinski definition) is 5. The van der Waals surface area contributed by atoms with Gasteiger partial charge in [-0.2, -0.15) is 13.2 Å². The van der Waals surface area contributed by atoms with E-state index < -0.39 is 11.7 Å². The number of methoxy groups -OCH3 is 1. The Labute approximate surface area is 200 Å². The van der Waals surface area contributed by atoms with Gasteiger partial charge < -0.3 is 19.7 Å². The third-order valence-corrected chi connectivity index (χ3v) is 5.41. The number of alkyl halides is 3. The van der Waals surface area contributed by atoms with E-state index in [1.165, 1.54) is 18.7 Å². The highest BCUT2D eigenvalue weighted by Crippen LogP contribution is 2.30. The number of amides is 2. The maximum Gasteiger partial charge on any atom is 0.417 e. The van der Waals surface area contributed by atoms with E-state index in [1.807, 2.05) is 12.1 Å². The number of nitrogens with one attached hydrogen (secondary N) is 1. The normalized spacial score (nSPS) is 13.8. The number of urea groups is 1.